The molecule has 0 aliphatic carbocycles. The molecule has 3 aromatic rings. The van der Waals surface area contributed by atoms with Crippen LogP contribution in [0.15, 0.2) is 48.5 Å². The lowest BCUT2D eigenvalue weighted by molar-refractivity contribution is 0.0532. The van der Waals surface area contributed by atoms with Crippen LogP contribution in [0.4, 0.5) is 16.2 Å². The molecule has 30 heavy (non-hydrogen) atoms. The molecule has 1 aliphatic heterocycles. The Morgan fingerprint density at radius 3 is 2.63 bits per heavy atom. The molecule has 2 aromatic carbocycles. The van der Waals surface area contributed by atoms with Gasteiger partial charge in [0, 0.05) is 47.3 Å². The second kappa shape index (κ2) is 8.93. The van der Waals surface area contributed by atoms with E-state index in [4.69, 9.17) is 16.3 Å². The number of nitrogens with one attached hydrogen (secondary N) is 1. The van der Waals surface area contributed by atoms with Crippen molar-refractivity contribution in [3.8, 4) is 0 Å². The summed E-state index contributed by atoms with van der Waals surface area (Å²) in [6, 6.07) is 15.1. The zero-order chi connectivity index (χ0) is 21.1. The molecule has 1 N–H and O–H groups in total. The smallest absolute Gasteiger partial charge is 0.348 e. The quantitative estimate of drug-likeness (QED) is 0.571. The molecular formula is C22H22ClN3O3S. The summed E-state index contributed by atoms with van der Waals surface area (Å²) < 4.78 is 6.04. The van der Waals surface area contributed by atoms with Gasteiger partial charge >= 0.3 is 12.0 Å². The van der Waals surface area contributed by atoms with Gasteiger partial charge in [-0.1, -0.05) is 17.7 Å². The van der Waals surface area contributed by atoms with Crippen LogP contribution in [0.1, 0.15) is 16.6 Å². The lowest BCUT2D eigenvalue weighted by atomic mass is 10.2. The Hall–Kier alpha value is -2.77. The highest BCUT2D eigenvalue weighted by molar-refractivity contribution is 7.20. The first-order chi connectivity index (χ1) is 14.5. The van der Waals surface area contributed by atoms with Crippen LogP contribution in [0.3, 0.4) is 0 Å². The number of amides is 2. The fourth-order valence-electron chi connectivity index (χ4n) is 3.47. The predicted molar refractivity (Wildman–Crippen MR) is 122 cm³/mol. The van der Waals surface area contributed by atoms with Crippen molar-refractivity contribution in [2.24, 2.45) is 0 Å². The number of urea groups is 1. The molecule has 8 heteroatoms. The number of hydrogen-bond donors (Lipinski definition) is 1. The minimum absolute atomic E-state index is 0.124. The van der Waals surface area contributed by atoms with Gasteiger partial charge in [-0.05, 0) is 54.8 Å². The highest BCUT2D eigenvalue weighted by Gasteiger charge is 2.21. The maximum atomic E-state index is 12.7. The van der Waals surface area contributed by atoms with Gasteiger partial charge in [0.2, 0.25) is 0 Å². The molecule has 1 aliphatic rings. The van der Waals surface area contributed by atoms with Crippen molar-refractivity contribution in [2.75, 3.05) is 43.0 Å². The summed E-state index contributed by atoms with van der Waals surface area (Å²) in [6.45, 7) is 4.89. The van der Waals surface area contributed by atoms with E-state index in [-0.39, 0.29) is 12.0 Å². The number of thiophene rings is 1. The number of anilines is 2. The molecular weight excluding hydrogens is 422 g/mol. The minimum atomic E-state index is -0.318. The lowest BCUT2D eigenvalue weighted by Crippen LogP contribution is -2.50. The minimum Gasteiger partial charge on any atom is -0.462 e. The van der Waals surface area contributed by atoms with Crippen LogP contribution in [0.25, 0.3) is 10.1 Å². The van der Waals surface area contributed by atoms with Crippen LogP contribution in [-0.2, 0) is 4.74 Å². The van der Waals surface area contributed by atoms with E-state index in [0.29, 0.717) is 35.3 Å². The molecule has 0 bridgehead atoms. The van der Waals surface area contributed by atoms with Gasteiger partial charge in [0.1, 0.15) is 4.88 Å². The number of halogens is 1. The van der Waals surface area contributed by atoms with E-state index >= 15 is 0 Å². The maximum absolute atomic E-state index is 12.7. The number of piperazine rings is 1. The number of hydrogen-bond acceptors (Lipinski definition) is 5. The first-order valence-corrected chi connectivity index (χ1v) is 11.0. The Balaban J connectivity index is 1.38. The van der Waals surface area contributed by atoms with E-state index in [9.17, 15) is 9.59 Å². The zero-order valence-electron chi connectivity index (χ0n) is 16.6. The van der Waals surface area contributed by atoms with E-state index in [2.05, 4.69) is 10.2 Å². The first kappa shape index (κ1) is 20.5. The molecule has 0 radical (unpaired) electrons. The van der Waals surface area contributed by atoms with Gasteiger partial charge in [0.15, 0.2) is 0 Å². The van der Waals surface area contributed by atoms with Gasteiger partial charge in [-0.25, -0.2) is 9.59 Å². The summed E-state index contributed by atoms with van der Waals surface area (Å²) in [7, 11) is 0. The van der Waals surface area contributed by atoms with E-state index in [0.717, 1.165) is 28.9 Å². The van der Waals surface area contributed by atoms with Crippen LogP contribution < -0.4 is 10.2 Å². The molecule has 1 aromatic heterocycles. The van der Waals surface area contributed by atoms with Crippen molar-refractivity contribution in [3.05, 3.63) is 58.4 Å². The number of carbonyl (C=O) groups is 2. The number of fused-ring (bicyclic) bond motifs is 1. The zero-order valence-corrected chi connectivity index (χ0v) is 18.1. The van der Waals surface area contributed by atoms with Crippen molar-refractivity contribution in [3.63, 3.8) is 0 Å². The number of benzene rings is 2. The largest absolute Gasteiger partial charge is 0.462 e. The van der Waals surface area contributed by atoms with Crippen LogP contribution in [0.2, 0.25) is 5.02 Å². The molecule has 6 nitrogen and oxygen atoms in total. The summed E-state index contributed by atoms with van der Waals surface area (Å²) in [5, 5.41) is 4.59. The first-order valence-electron chi connectivity index (χ1n) is 9.80. The van der Waals surface area contributed by atoms with Gasteiger partial charge in [-0.3, -0.25) is 0 Å². The normalized spacial score (nSPS) is 14.1. The van der Waals surface area contributed by atoms with Crippen molar-refractivity contribution in [1.82, 2.24) is 4.90 Å². The van der Waals surface area contributed by atoms with E-state index < -0.39 is 0 Å². The third-order valence-electron chi connectivity index (χ3n) is 4.98. The van der Waals surface area contributed by atoms with E-state index in [1.807, 2.05) is 47.4 Å². The summed E-state index contributed by atoms with van der Waals surface area (Å²) in [6.07, 6.45) is 0. The van der Waals surface area contributed by atoms with Crippen LogP contribution >= 0.6 is 22.9 Å². The molecule has 1 saturated heterocycles. The average molecular weight is 444 g/mol. The van der Waals surface area contributed by atoms with Gasteiger partial charge in [0.25, 0.3) is 0 Å². The van der Waals surface area contributed by atoms with Crippen molar-refractivity contribution in [2.45, 2.75) is 6.92 Å². The van der Waals surface area contributed by atoms with Gasteiger partial charge in [0.05, 0.1) is 6.61 Å². The number of carbonyl (C=O) groups excluding carboxylic acids is 2. The van der Waals surface area contributed by atoms with Gasteiger partial charge < -0.3 is 19.9 Å². The van der Waals surface area contributed by atoms with Crippen molar-refractivity contribution in [1.29, 1.82) is 0 Å². The Morgan fingerprint density at radius 2 is 1.90 bits per heavy atom. The third-order valence-corrected chi connectivity index (χ3v) is 6.32. The topological polar surface area (TPSA) is 61.9 Å². The highest BCUT2D eigenvalue weighted by Crippen LogP contribution is 2.29. The molecule has 0 unspecified atom stereocenters. The van der Waals surface area contributed by atoms with Crippen molar-refractivity contribution >= 4 is 56.4 Å². The molecule has 1 fully saturated rings. The number of rotatable bonds is 4. The van der Waals surface area contributed by atoms with E-state index in [1.54, 1.807) is 13.0 Å². The Kier molecular flexibility index (Phi) is 6.11. The molecule has 156 valence electrons. The molecule has 2 heterocycles. The fourth-order valence-corrected chi connectivity index (χ4v) is 4.59. The van der Waals surface area contributed by atoms with E-state index in [1.165, 1.54) is 11.3 Å². The van der Waals surface area contributed by atoms with Crippen LogP contribution in [-0.4, -0.2) is 49.7 Å². The number of nitrogens with zero attached hydrogens (tertiary/aromatic N) is 2. The van der Waals surface area contributed by atoms with Gasteiger partial charge in [-0.2, -0.15) is 0 Å². The lowest BCUT2D eigenvalue weighted by Gasteiger charge is -2.36. The summed E-state index contributed by atoms with van der Waals surface area (Å²) in [5.74, 6) is -0.318. The molecule has 0 atom stereocenters. The molecule has 0 saturated carbocycles. The highest BCUT2D eigenvalue weighted by atomic mass is 35.5. The molecule has 4 rings (SSSR count). The summed E-state index contributed by atoms with van der Waals surface area (Å²) in [4.78, 5) is 29.2. The fraction of sp³-hybridized carbons (Fsp3) is 0.273. The maximum Gasteiger partial charge on any atom is 0.348 e. The Labute approximate surface area is 184 Å². The van der Waals surface area contributed by atoms with Crippen LogP contribution in [0, 0.1) is 0 Å². The standard InChI is InChI=1S/C22H22ClN3O3S/c1-2-29-21(27)20-13-15-12-17(6-7-19(15)30-20)24-22(28)26-10-8-25(9-11-26)18-5-3-4-16(23)14-18/h3-7,12-14H,2,8-11H2,1H3,(H,24,28). The second-order valence-corrected chi connectivity index (χ2v) is 8.49. The number of esters is 1. The Morgan fingerprint density at radius 1 is 1.10 bits per heavy atom. The summed E-state index contributed by atoms with van der Waals surface area (Å²) in [5.41, 5.74) is 1.78. The number of ether oxygens (including phenoxy) is 1. The summed E-state index contributed by atoms with van der Waals surface area (Å²) >= 11 is 7.47. The average Bonchev–Trinajstić information content (AvgIpc) is 3.18. The van der Waals surface area contributed by atoms with Crippen LogP contribution in [0.5, 0.6) is 0 Å². The Bertz CT molecular complexity index is 1080. The van der Waals surface area contributed by atoms with Gasteiger partial charge in [-0.15, -0.1) is 11.3 Å². The SMILES string of the molecule is CCOC(=O)c1cc2cc(NC(=O)N3CCN(c4cccc(Cl)c4)CC3)ccc2s1. The predicted octanol–water partition coefficient (Wildman–Crippen LogP) is 5.09. The molecule has 2 amide bonds. The van der Waals surface area contributed by atoms with Crippen molar-refractivity contribution < 1.29 is 14.3 Å². The third kappa shape index (κ3) is 4.52. The molecule has 0 spiro atoms. The monoisotopic (exact) mass is 443 g/mol. The second-order valence-electron chi connectivity index (χ2n) is 6.97.